The monoisotopic (exact) mass is 365 g/mol. The van der Waals surface area contributed by atoms with Gasteiger partial charge in [-0.3, -0.25) is 14.7 Å². The quantitative estimate of drug-likeness (QED) is 0.900. The number of hydrogen-bond donors (Lipinski definition) is 1. The number of nitrogens with zero attached hydrogens (tertiary/aromatic N) is 4. The molecule has 0 radical (unpaired) electrons. The molecule has 6 nitrogen and oxygen atoms in total. The lowest BCUT2D eigenvalue weighted by atomic mass is 9.79. The lowest BCUT2D eigenvalue weighted by molar-refractivity contribution is 0.0991. The number of likely N-dealkylation sites (tertiary alicyclic amines) is 1. The van der Waals surface area contributed by atoms with Gasteiger partial charge in [0.25, 0.3) is 5.91 Å². The van der Waals surface area contributed by atoms with Crippen LogP contribution in [0.15, 0.2) is 36.7 Å². The average Bonchev–Trinajstić information content (AvgIpc) is 3.05. The van der Waals surface area contributed by atoms with Crippen LogP contribution >= 0.6 is 0 Å². The van der Waals surface area contributed by atoms with E-state index in [0.717, 1.165) is 45.0 Å². The normalized spacial score (nSPS) is 23.1. The van der Waals surface area contributed by atoms with Crippen LogP contribution in [0.25, 0.3) is 0 Å². The Balaban J connectivity index is 1.45. The summed E-state index contributed by atoms with van der Waals surface area (Å²) in [6.07, 6.45) is 6.80. The van der Waals surface area contributed by atoms with Crippen molar-refractivity contribution in [3.8, 4) is 0 Å². The number of rotatable bonds is 4. The van der Waals surface area contributed by atoms with Crippen LogP contribution < -0.4 is 10.6 Å². The van der Waals surface area contributed by atoms with Gasteiger partial charge in [-0.05, 0) is 38.3 Å². The molecule has 2 saturated heterocycles. The SMILES string of the molecule is Cc1cccc(CN2CCCC3(CCN(c4cncc(C(N)=O)n4)C3)C2)c1. The van der Waals surface area contributed by atoms with Crippen LogP contribution in [0, 0.1) is 12.3 Å². The summed E-state index contributed by atoms with van der Waals surface area (Å²) in [7, 11) is 0. The highest BCUT2D eigenvalue weighted by molar-refractivity contribution is 5.90. The predicted molar refractivity (Wildman–Crippen MR) is 106 cm³/mol. The van der Waals surface area contributed by atoms with Crippen molar-refractivity contribution in [1.82, 2.24) is 14.9 Å². The summed E-state index contributed by atoms with van der Waals surface area (Å²) in [5, 5.41) is 0. The minimum absolute atomic E-state index is 0.234. The Morgan fingerprint density at radius 1 is 1.22 bits per heavy atom. The first kappa shape index (κ1) is 17.9. The number of nitrogens with two attached hydrogens (primary N) is 1. The van der Waals surface area contributed by atoms with Gasteiger partial charge in [0, 0.05) is 31.6 Å². The Morgan fingerprint density at radius 2 is 2.11 bits per heavy atom. The van der Waals surface area contributed by atoms with Crippen molar-refractivity contribution in [3.05, 3.63) is 53.5 Å². The lowest BCUT2D eigenvalue weighted by Crippen LogP contribution is -2.44. The molecule has 2 fully saturated rings. The molecule has 2 N–H and O–H groups in total. The van der Waals surface area contributed by atoms with Crippen molar-refractivity contribution in [2.45, 2.75) is 32.7 Å². The summed E-state index contributed by atoms with van der Waals surface area (Å²) in [5.74, 6) is 0.235. The topological polar surface area (TPSA) is 75.3 Å². The summed E-state index contributed by atoms with van der Waals surface area (Å²) in [5.41, 5.74) is 8.59. The average molecular weight is 365 g/mol. The van der Waals surface area contributed by atoms with Gasteiger partial charge in [-0.2, -0.15) is 0 Å². The summed E-state index contributed by atoms with van der Waals surface area (Å²) in [6, 6.07) is 8.80. The number of benzene rings is 1. The fraction of sp³-hybridized carbons (Fsp3) is 0.476. The van der Waals surface area contributed by atoms with E-state index in [-0.39, 0.29) is 5.69 Å². The first-order valence-corrected chi connectivity index (χ1v) is 9.68. The maximum absolute atomic E-state index is 11.4. The standard InChI is InChI=1S/C21H27N5O/c1-16-4-2-5-17(10-16)13-25-8-3-6-21(14-25)7-9-26(15-21)19-12-23-11-18(24-19)20(22)27/h2,4-5,10-12H,3,6-9,13-15H2,1H3,(H2,22,27). The second-order valence-electron chi connectivity index (χ2n) is 8.10. The van der Waals surface area contributed by atoms with Crippen LogP contribution in [-0.2, 0) is 6.54 Å². The number of aromatic nitrogens is 2. The molecule has 2 aromatic rings. The van der Waals surface area contributed by atoms with Crippen molar-refractivity contribution in [2.24, 2.45) is 11.1 Å². The van der Waals surface area contributed by atoms with E-state index in [1.54, 1.807) is 6.20 Å². The number of hydrogen-bond acceptors (Lipinski definition) is 5. The first-order chi connectivity index (χ1) is 13.0. The minimum Gasteiger partial charge on any atom is -0.364 e. The Labute approximate surface area is 160 Å². The molecule has 1 aromatic heterocycles. The van der Waals surface area contributed by atoms with Crippen LogP contribution in [0.4, 0.5) is 5.82 Å². The van der Waals surface area contributed by atoms with Gasteiger partial charge >= 0.3 is 0 Å². The third-order valence-corrected chi connectivity index (χ3v) is 5.87. The molecule has 1 spiro atoms. The second-order valence-corrected chi connectivity index (χ2v) is 8.10. The van der Waals surface area contributed by atoms with Crippen LogP contribution in [0.5, 0.6) is 0 Å². The van der Waals surface area contributed by atoms with Crippen molar-refractivity contribution in [1.29, 1.82) is 0 Å². The number of carbonyl (C=O) groups is 1. The Kier molecular flexibility index (Phi) is 4.83. The molecular formula is C21H27N5O. The van der Waals surface area contributed by atoms with Gasteiger partial charge in [0.1, 0.15) is 11.5 Å². The summed E-state index contributed by atoms with van der Waals surface area (Å²) in [6.45, 7) is 7.36. The van der Waals surface area contributed by atoms with Crippen molar-refractivity contribution >= 4 is 11.7 Å². The van der Waals surface area contributed by atoms with E-state index in [1.807, 2.05) is 0 Å². The molecule has 2 aliphatic heterocycles. The number of piperidine rings is 1. The van der Waals surface area contributed by atoms with Gasteiger partial charge in [-0.15, -0.1) is 0 Å². The van der Waals surface area contributed by atoms with Crippen LogP contribution in [0.2, 0.25) is 0 Å². The largest absolute Gasteiger partial charge is 0.364 e. The predicted octanol–water partition coefficient (Wildman–Crippen LogP) is 2.38. The van der Waals surface area contributed by atoms with Crippen LogP contribution in [-0.4, -0.2) is 47.0 Å². The highest BCUT2D eigenvalue weighted by atomic mass is 16.1. The van der Waals surface area contributed by atoms with E-state index in [4.69, 9.17) is 5.73 Å². The van der Waals surface area contributed by atoms with E-state index in [9.17, 15) is 4.79 Å². The van der Waals surface area contributed by atoms with Crippen molar-refractivity contribution < 1.29 is 4.79 Å². The summed E-state index contributed by atoms with van der Waals surface area (Å²) in [4.78, 5) is 24.8. The minimum atomic E-state index is -0.528. The van der Waals surface area contributed by atoms with Gasteiger partial charge in [-0.1, -0.05) is 29.8 Å². The number of primary amides is 1. The molecule has 1 aromatic carbocycles. The fourth-order valence-corrected chi connectivity index (χ4v) is 4.60. The molecular weight excluding hydrogens is 338 g/mol. The van der Waals surface area contributed by atoms with Gasteiger partial charge in [-0.25, -0.2) is 4.98 Å². The van der Waals surface area contributed by atoms with E-state index >= 15 is 0 Å². The molecule has 1 atom stereocenters. The highest BCUT2D eigenvalue weighted by Crippen LogP contribution is 2.40. The Morgan fingerprint density at radius 3 is 2.93 bits per heavy atom. The summed E-state index contributed by atoms with van der Waals surface area (Å²) < 4.78 is 0. The smallest absolute Gasteiger partial charge is 0.268 e. The van der Waals surface area contributed by atoms with Gasteiger partial charge in [0.15, 0.2) is 0 Å². The third kappa shape index (κ3) is 3.95. The Hall–Kier alpha value is -2.47. The number of anilines is 1. The zero-order chi connectivity index (χ0) is 18.9. The van der Waals surface area contributed by atoms with Crippen LogP contribution in [0.3, 0.4) is 0 Å². The molecule has 142 valence electrons. The fourth-order valence-electron chi connectivity index (χ4n) is 4.60. The number of aryl methyl sites for hydroxylation is 1. The van der Waals surface area contributed by atoms with Crippen LogP contribution in [0.1, 0.15) is 40.9 Å². The summed E-state index contributed by atoms with van der Waals surface area (Å²) >= 11 is 0. The first-order valence-electron chi connectivity index (χ1n) is 9.68. The molecule has 1 unspecified atom stereocenters. The molecule has 0 aliphatic carbocycles. The zero-order valence-corrected chi connectivity index (χ0v) is 15.9. The third-order valence-electron chi connectivity index (χ3n) is 5.87. The molecule has 27 heavy (non-hydrogen) atoms. The van der Waals surface area contributed by atoms with Gasteiger partial charge in [0.2, 0.25) is 0 Å². The number of amides is 1. The lowest BCUT2D eigenvalue weighted by Gasteiger charge is -2.40. The molecule has 0 bridgehead atoms. The van der Waals surface area contributed by atoms with Crippen molar-refractivity contribution in [3.63, 3.8) is 0 Å². The zero-order valence-electron chi connectivity index (χ0n) is 15.9. The highest BCUT2D eigenvalue weighted by Gasteiger charge is 2.41. The van der Waals surface area contributed by atoms with Crippen molar-refractivity contribution in [2.75, 3.05) is 31.1 Å². The maximum Gasteiger partial charge on any atom is 0.268 e. The molecule has 4 rings (SSSR count). The van der Waals surface area contributed by atoms with Gasteiger partial charge < -0.3 is 10.6 Å². The molecule has 2 aliphatic rings. The van der Waals surface area contributed by atoms with E-state index in [2.05, 4.69) is 51.0 Å². The molecule has 1 amide bonds. The molecule has 3 heterocycles. The van der Waals surface area contributed by atoms with E-state index in [1.165, 1.54) is 30.2 Å². The molecule has 6 heteroatoms. The van der Waals surface area contributed by atoms with Gasteiger partial charge in [0.05, 0.1) is 12.4 Å². The van der Waals surface area contributed by atoms with E-state index in [0.29, 0.717) is 5.41 Å². The second kappa shape index (κ2) is 7.27. The maximum atomic E-state index is 11.4. The molecule has 0 saturated carbocycles. The van der Waals surface area contributed by atoms with E-state index < -0.39 is 5.91 Å². The number of carbonyl (C=O) groups excluding carboxylic acids is 1. The Bertz CT molecular complexity index is 839.